The molecule has 12 heteroatoms. The fourth-order valence-corrected chi connectivity index (χ4v) is 6.08. The molecule has 3 heterocycles. The smallest absolute Gasteiger partial charge is 0.401 e. The molecule has 234 valence electrons. The molecule has 0 amide bonds. The van der Waals surface area contributed by atoms with Gasteiger partial charge >= 0.3 is 6.18 Å². The zero-order chi connectivity index (χ0) is 31.8. The minimum Gasteiger partial charge on any atom is -0.451 e. The van der Waals surface area contributed by atoms with Gasteiger partial charge in [0.1, 0.15) is 23.7 Å². The van der Waals surface area contributed by atoms with Gasteiger partial charge in [0.15, 0.2) is 17.4 Å². The van der Waals surface area contributed by atoms with E-state index < -0.39 is 41.3 Å². The number of hydrogen-bond donors (Lipinski definition) is 2. The summed E-state index contributed by atoms with van der Waals surface area (Å²) in [7, 11) is 0. The van der Waals surface area contributed by atoms with E-state index in [1.807, 2.05) is 24.3 Å². The van der Waals surface area contributed by atoms with Crippen LogP contribution in [0.1, 0.15) is 36.1 Å². The lowest BCUT2D eigenvalue weighted by Gasteiger charge is -2.42. The Hall–Kier alpha value is -4.58. The topological polar surface area (TPSA) is 74.0 Å². The van der Waals surface area contributed by atoms with Gasteiger partial charge in [-0.2, -0.15) is 13.2 Å². The number of aromatic amines is 2. The Kier molecular flexibility index (Phi) is 8.17. The number of likely N-dealkylation sites (tertiary alicyclic amines) is 1. The van der Waals surface area contributed by atoms with Crippen LogP contribution in [0.3, 0.4) is 0 Å². The third-order valence-corrected chi connectivity index (χ3v) is 8.35. The fraction of sp³-hybridized carbons (Fsp3) is 0.273. The molecule has 1 aliphatic rings. The summed E-state index contributed by atoms with van der Waals surface area (Å²) < 4.78 is 90.0. The van der Waals surface area contributed by atoms with Crippen molar-refractivity contribution < 1.29 is 35.9 Å². The fourth-order valence-electron chi connectivity index (χ4n) is 6.08. The van der Waals surface area contributed by atoms with Crippen molar-refractivity contribution in [3.63, 3.8) is 0 Å². The van der Waals surface area contributed by atoms with E-state index in [0.29, 0.717) is 31.4 Å². The number of fused-ring (bicyclic) bond motifs is 1. The van der Waals surface area contributed by atoms with Crippen molar-refractivity contribution in [3.8, 4) is 22.9 Å². The third kappa shape index (κ3) is 6.19. The summed E-state index contributed by atoms with van der Waals surface area (Å²) in [5.74, 6) is -3.08. The number of rotatable bonds is 9. The van der Waals surface area contributed by atoms with Crippen molar-refractivity contribution in [1.82, 2.24) is 19.9 Å². The lowest BCUT2D eigenvalue weighted by molar-refractivity contribution is -0.148. The second-order valence-electron chi connectivity index (χ2n) is 11.2. The van der Waals surface area contributed by atoms with Crippen LogP contribution < -0.4 is 4.74 Å². The van der Waals surface area contributed by atoms with Crippen LogP contribution in [0, 0.1) is 17.5 Å². The maximum atomic E-state index is 15.2. The molecule has 0 spiro atoms. The number of imidazole rings is 1. The van der Waals surface area contributed by atoms with Gasteiger partial charge in [-0.1, -0.05) is 24.3 Å². The SMILES string of the molecule is O=CCCc1cccc(C2(c3cnc(-c4cc(Oc5c(F)cc6[nH]ccc6c5F)ccc4F)[nH]3)CCN(CC(F)(F)F)CC2)c1. The maximum Gasteiger partial charge on any atom is 0.401 e. The molecule has 0 saturated carbocycles. The number of aryl methyl sites for hydroxylation is 1. The number of aromatic nitrogens is 3. The van der Waals surface area contributed by atoms with Gasteiger partial charge in [-0.15, -0.1) is 0 Å². The van der Waals surface area contributed by atoms with Crippen molar-refractivity contribution in [2.24, 2.45) is 0 Å². The first-order valence-corrected chi connectivity index (χ1v) is 14.4. The largest absolute Gasteiger partial charge is 0.451 e. The number of halogens is 6. The van der Waals surface area contributed by atoms with Gasteiger partial charge in [0, 0.05) is 41.4 Å². The first-order chi connectivity index (χ1) is 21.6. The number of H-pyrrole nitrogens is 2. The van der Waals surface area contributed by atoms with Crippen LogP contribution in [0.4, 0.5) is 26.3 Å². The minimum atomic E-state index is -4.33. The highest BCUT2D eigenvalue weighted by Gasteiger charge is 2.42. The van der Waals surface area contributed by atoms with E-state index in [1.165, 1.54) is 29.3 Å². The molecule has 0 radical (unpaired) electrons. The number of hydrogen-bond acceptors (Lipinski definition) is 4. The molecule has 2 aromatic heterocycles. The number of ether oxygens (including phenoxy) is 1. The number of benzene rings is 3. The quantitative estimate of drug-likeness (QED) is 0.129. The number of nitrogens with zero attached hydrogens (tertiary/aromatic N) is 2. The summed E-state index contributed by atoms with van der Waals surface area (Å²) in [4.78, 5) is 22.7. The minimum absolute atomic E-state index is 0.0216. The van der Waals surface area contributed by atoms with Crippen LogP contribution in [0.25, 0.3) is 22.3 Å². The third-order valence-electron chi connectivity index (χ3n) is 8.35. The Morgan fingerprint density at radius 2 is 1.80 bits per heavy atom. The summed E-state index contributed by atoms with van der Waals surface area (Å²) in [6, 6.07) is 13.7. The Morgan fingerprint density at radius 3 is 2.56 bits per heavy atom. The van der Waals surface area contributed by atoms with Crippen molar-refractivity contribution in [3.05, 3.63) is 101 Å². The second kappa shape index (κ2) is 12.1. The summed E-state index contributed by atoms with van der Waals surface area (Å²) in [5.41, 5.74) is 1.80. The van der Waals surface area contributed by atoms with Crippen LogP contribution in [-0.2, 0) is 16.6 Å². The first-order valence-electron chi connectivity index (χ1n) is 14.4. The van der Waals surface area contributed by atoms with E-state index in [4.69, 9.17) is 4.74 Å². The molecule has 0 aliphatic carbocycles. The first kappa shape index (κ1) is 30.4. The molecule has 1 aliphatic heterocycles. The normalized spacial score (nSPS) is 15.4. The monoisotopic (exact) mass is 626 g/mol. The van der Waals surface area contributed by atoms with E-state index in [0.717, 1.165) is 29.5 Å². The predicted molar refractivity (Wildman–Crippen MR) is 156 cm³/mol. The highest BCUT2D eigenvalue weighted by molar-refractivity contribution is 5.82. The molecular formula is C33H28F6N4O2. The lowest BCUT2D eigenvalue weighted by atomic mass is 9.70. The number of alkyl halides is 3. The number of carbonyl (C=O) groups excluding carboxylic acids is 1. The molecule has 0 unspecified atom stereocenters. The molecule has 3 aromatic carbocycles. The Morgan fingerprint density at radius 1 is 1.00 bits per heavy atom. The summed E-state index contributed by atoms with van der Waals surface area (Å²) >= 11 is 0. The molecule has 0 atom stereocenters. The van der Waals surface area contributed by atoms with Crippen LogP contribution in [0.15, 0.2) is 67.0 Å². The predicted octanol–water partition coefficient (Wildman–Crippen LogP) is 7.84. The van der Waals surface area contributed by atoms with Gasteiger partial charge in [-0.25, -0.2) is 18.2 Å². The standard InChI is InChI=1S/C33H28F6N4O2/c34-25-7-6-22(45-30-26(35)17-27-23(29(30)36)8-11-40-27)16-24(25)31-41-18-28(42-31)32(9-12-43(13-10-32)19-33(37,38)39)21-5-1-3-20(15-21)4-2-14-44/h1,3,5-8,11,14-18,40H,2,4,9-10,12-13,19H2,(H,41,42). The highest BCUT2D eigenvalue weighted by Crippen LogP contribution is 2.43. The van der Waals surface area contributed by atoms with E-state index in [2.05, 4.69) is 15.0 Å². The van der Waals surface area contributed by atoms with Gasteiger partial charge in [-0.05, 0) is 67.7 Å². The molecule has 1 fully saturated rings. The van der Waals surface area contributed by atoms with Crippen LogP contribution in [-0.4, -0.2) is 51.9 Å². The molecule has 45 heavy (non-hydrogen) atoms. The zero-order valence-corrected chi connectivity index (χ0v) is 23.9. The van der Waals surface area contributed by atoms with Gasteiger partial charge < -0.3 is 19.5 Å². The summed E-state index contributed by atoms with van der Waals surface area (Å²) in [6.07, 6.45) is 0.996. The van der Waals surface area contributed by atoms with Crippen molar-refractivity contribution >= 4 is 17.2 Å². The number of piperidine rings is 1. The number of carbonyl (C=O) groups is 1. The van der Waals surface area contributed by atoms with Gasteiger partial charge in [0.05, 0.1) is 17.6 Å². The van der Waals surface area contributed by atoms with Crippen molar-refractivity contribution in [1.29, 1.82) is 0 Å². The van der Waals surface area contributed by atoms with Crippen molar-refractivity contribution in [2.45, 2.75) is 37.3 Å². The molecule has 0 bridgehead atoms. The Labute approximate surface area is 254 Å². The second-order valence-corrected chi connectivity index (χ2v) is 11.2. The summed E-state index contributed by atoms with van der Waals surface area (Å²) in [5, 5.41) is 0.131. The van der Waals surface area contributed by atoms with E-state index >= 15 is 8.78 Å². The molecular weight excluding hydrogens is 598 g/mol. The Bertz CT molecular complexity index is 1840. The van der Waals surface area contributed by atoms with E-state index in [-0.39, 0.29) is 41.1 Å². The number of nitrogens with one attached hydrogen (secondary N) is 2. The van der Waals surface area contributed by atoms with Crippen molar-refractivity contribution in [2.75, 3.05) is 19.6 Å². The number of aldehydes is 1. The van der Waals surface area contributed by atoms with E-state index in [1.54, 1.807) is 6.20 Å². The average molecular weight is 627 g/mol. The maximum absolute atomic E-state index is 15.2. The van der Waals surface area contributed by atoms with Gasteiger partial charge in [0.2, 0.25) is 0 Å². The highest BCUT2D eigenvalue weighted by atomic mass is 19.4. The Balaban J connectivity index is 1.34. The van der Waals surface area contributed by atoms with Crippen LogP contribution in [0.2, 0.25) is 0 Å². The van der Waals surface area contributed by atoms with Crippen LogP contribution >= 0.6 is 0 Å². The molecule has 6 rings (SSSR count). The average Bonchev–Trinajstić information content (AvgIpc) is 3.70. The van der Waals surface area contributed by atoms with Crippen LogP contribution in [0.5, 0.6) is 11.5 Å². The van der Waals surface area contributed by atoms with E-state index in [9.17, 15) is 22.4 Å². The molecule has 6 nitrogen and oxygen atoms in total. The zero-order valence-electron chi connectivity index (χ0n) is 23.9. The lowest BCUT2D eigenvalue weighted by Crippen LogP contribution is -2.46. The molecule has 5 aromatic rings. The van der Waals surface area contributed by atoms with Gasteiger partial charge in [0.25, 0.3) is 0 Å². The molecule has 1 saturated heterocycles. The molecule has 2 N–H and O–H groups in total. The summed E-state index contributed by atoms with van der Waals surface area (Å²) in [6.45, 7) is -0.702. The van der Waals surface area contributed by atoms with Gasteiger partial charge in [-0.3, -0.25) is 4.90 Å².